The molecule has 2 nitrogen and oxygen atoms in total. The molecule has 2 rings (SSSR count). The van der Waals surface area contributed by atoms with E-state index >= 15 is 0 Å². The van der Waals surface area contributed by atoms with Crippen LogP contribution in [0.1, 0.15) is 11.1 Å². The van der Waals surface area contributed by atoms with Crippen LogP contribution in [0.2, 0.25) is 0 Å². The third-order valence-electron chi connectivity index (χ3n) is 2.88. The Morgan fingerprint density at radius 2 is 2.12 bits per heavy atom. The molecule has 1 amide bonds. The maximum Gasteiger partial charge on any atom is 0.238 e. The minimum Gasteiger partial charge on any atom is -0.325 e. The Bertz CT molecular complexity index is 414. The summed E-state index contributed by atoms with van der Waals surface area (Å²) in [6.45, 7) is 4.14. The monoisotopic (exact) mass is 267 g/mol. The highest BCUT2D eigenvalue weighted by Gasteiger charge is 2.22. The van der Waals surface area contributed by atoms with Crippen molar-refractivity contribution in [3.05, 3.63) is 29.3 Å². The van der Waals surface area contributed by atoms with Gasteiger partial charge in [0.05, 0.1) is 5.25 Å². The first-order valence-corrected chi connectivity index (χ1v) is 7.94. The van der Waals surface area contributed by atoms with Gasteiger partial charge < -0.3 is 5.32 Å². The van der Waals surface area contributed by atoms with E-state index in [9.17, 15) is 4.79 Å². The van der Waals surface area contributed by atoms with Crippen molar-refractivity contribution < 1.29 is 4.79 Å². The summed E-state index contributed by atoms with van der Waals surface area (Å²) in [6, 6.07) is 6.06. The topological polar surface area (TPSA) is 29.1 Å². The summed E-state index contributed by atoms with van der Waals surface area (Å²) in [6.07, 6.45) is 0. The molecule has 0 saturated carbocycles. The number of aryl methyl sites for hydroxylation is 2. The highest BCUT2D eigenvalue weighted by atomic mass is 32.2. The molecule has 1 aromatic carbocycles. The fourth-order valence-electron chi connectivity index (χ4n) is 1.68. The Morgan fingerprint density at radius 1 is 1.29 bits per heavy atom. The molecule has 1 N–H and O–H groups in total. The van der Waals surface area contributed by atoms with Crippen LogP contribution in [0.15, 0.2) is 18.2 Å². The molecule has 1 aromatic rings. The third-order valence-corrected chi connectivity index (χ3v) is 5.64. The average Bonchev–Trinajstić information content (AvgIpc) is 2.35. The van der Waals surface area contributed by atoms with E-state index in [0.29, 0.717) is 0 Å². The predicted molar refractivity (Wildman–Crippen MR) is 78.1 cm³/mol. The van der Waals surface area contributed by atoms with Gasteiger partial charge in [-0.2, -0.15) is 11.8 Å². The van der Waals surface area contributed by atoms with Gasteiger partial charge in [0.25, 0.3) is 0 Å². The molecule has 1 aliphatic heterocycles. The number of carbonyl (C=O) groups is 1. The maximum absolute atomic E-state index is 12.0. The van der Waals surface area contributed by atoms with Gasteiger partial charge in [0.15, 0.2) is 0 Å². The van der Waals surface area contributed by atoms with E-state index in [2.05, 4.69) is 19.2 Å². The Hall–Kier alpha value is -0.610. The van der Waals surface area contributed by atoms with Crippen LogP contribution in [0, 0.1) is 13.8 Å². The van der Waals surface area contributed by atoms with Crippen molar-refractivity contribution in [2.75, 3.05) is 22.6 Å². The zero-order valence-corrected chi connectivity index (χ0v) is 11.8. The molecule has 0 aliphatic carbocycles. The van der Waals surface area contributed by atoms with Crippen LogP contribution < -0.4 is 5.32 Å². The second-order valence-corrected chi connectivity index (χ2v) is 6.68. The van der Waals surface area contributed by atoms with Gasteiger partial charge in [-0.25, -0.2) is 0 Å². The van der Waals surface area contributed by atoms with Crippen LogP contribution >= 0.6 is 23.5 Å². The first-order chi connectivity index (χ1) is 8.16. The molecule has 0 spiro atoms. The molecule has 1 saturated heterocycles. The van der Waals surface area contributed by atoms with Crippen LogP contribution in [0.4, 0.5) is 5.69 Å². The molecule has 92 valence electrons. The number of hydrogen-bond donors (Lipinski definition) is 1. The van der Waals surface area contributed by atoms with E-state index in [1.54, 1.807) is 11.8 Å². The second kappa shape index (κ2) is 5.83. The van der Waals surface area contributed by atoms with Crippen LogP contribution in [0.5, 0.6) is 0 Å². The zero-order chi connectivity index (χ0) is 12.3. The van der Waals surface area contributed by atoms with Crippen molar-refractivity contribution >= 4 is 35.1 Å². The van der Waals surface area contributed by atoms with Gasteiger partial charge in [0.1, 0.15) is 0 Å². The van der Waals surface area contributed by atoms with Crippen molar-refractivity contribution in [2.24, 2.45) is 0 Å². The van der Waals surface area contributed by atoms with E-state index < -0.39 is 0 Å². The lowest BCUT2D eigenvalue weighted by atomic mass is 10.1. The molecule has 17 heavy (non-hydrogen) atoms. The molecule has 0 aromatic heterocycles. The Labute approximate surface area is 111 Å². The number of amides is 1. The summed E-state index contributed by atoms with van der Waals surface area (Å²) >= 11 is 3.63. The first-order valence-electron chi connectivity index (χ1n) is 5.74. The molecule has 1 unspecified atom stereocenters. The van der Waals surface area contributed by atoms with Gasteiger partial charge in [0.2, 0.25) is 5.91 Å². The zero-order valence-electron chi connectivity index (χ0n) is 10.2. The van der Waals surface area contributed by atoms with E-state index in [-0.39, 0.29) is 11.2 Å². The maximum atomic E-state index is 12.0. The van der Waals surface area contributed by atoms with Crippen molar-refractivity contribution in [3.63, 3.8) is 0 Å². The molecule has 0 bridgehead atoms. The predicted octanol–water partition coefficient (Wildman–Crippen LogP) is 3.09. The largest absolute Gasteiger partial charge is 0.325 e. The third kappa shape index (κ3) is 3.42. The Balaban J connectivity index is 1.99. The molecular formula is C13H17NOS2. The Morgan fingerprint density at radius 3 is 2.76 bits per heavy atom. The lowest BCUT2D eigenvalue weighted by Crippen LogP contribution is -2.30. The average molecular weight is 267 g/mol. The van der Waals surface area contributed by atoms with Crippen LogP contribution in [-0.2, 0) is 4.79 Å². The number of nitrogens with one attached hydrogen (secondary N) is 1. The molecule has 1 atom stereocenters. The standard InChI is InChI=1S/C13H17NOS2/c1-9-3-4-11(7-10(9)2)14-13(15)12-8-16-5-6-17-12/h3-4,7,12H,5-6,8H2,1-2H3,(H,14,15). The molecule has 1 aliphatic rings. The minimum absolute atomic E-state index is 0.107. The van der Waals surface area contributed by atoms with E-state index in [1.165, 1.54) is 11.1 Å². The lowest BCUT2D eigenvalue weighted by molar-refractivity contribution is -0.115. The fraction of sp³-hybridized carbons (Fsp3) is 0.462. The van der Waals surface area contributed by atoms with Gasteiger partial charge in [0, 0.05) is 22.9 Å². The summed E-state index contributed by atoms with van der Waals surface area (Å²) in [7, 11) is 0. The summed E-state index contributed by atoms with van der Waals surface area (Å²) < 4.78 is 0. The van der Waals surface area contributed by atoms with Gasteiger partial charge in [-0.3, -0.25) is 4.79 Å². The quantitative estimate of drug-likeness (QED) is 0.893. The Kier molecular flexibility index (Phi) is 4.40. The summed E-state index contributed by atoms with van der Waals surface area (Å²) in [5.74, 6) is 3.32. The van der Waals surface area contributed by atoms with E-state index in [0.717, 1.165) is 22.9 Å². The molecule has 0 radical (unpaired) electrons. The van der Waals surface area contributed by atoms with Crippen LogP contribution in [0.3, 0.4) is 0 Å². The number of thioether (sulfide) groups is 2. The van der Waals surface area contributed by atoms with Crippen molar-refractivity contribution in [1.82, 2.24) is 0 Å². The molecule has 1 heterocycles. The van der Waals surface area contributed by atoms with Gasteiger partial charge in [-0.05, 0) is 37.1 Å². The lowest BCUT2D eigenvalue weighted by Gasteiger charge is -2.20. The first kappa shape index (κ1) is 12.8. The van der Waals surface area contributed by atoms with Crippen molar-refractivity contribution in [1.29, 1.82) is 0 Å². The highest BCUT2D eigenvalue weighted by Crippen LogP contribution is 2.25. The van der Waals surface area contributed by atoms with Crippen LogP contribution in [-0.4, -0.2) is 28.4 Å². The SMILES string of the molecule is Cc1ccc(NC(=O)C2CSCCS2)cc1C. The van der Waals surface area contributed by atoms with Crippen LogP contribution in [0.25, 0.3) is 0 Å². The number of benzene rings is 1. The minimum atomic E-state index is 0.107. The number of carbonyl (C=O) groups excluding carboxylic acids is 1. The molecule has 4 heteroatoms. The summed E-state index contributed by atoms with van der Waals surface area (Å²) in [4.78, 5) is 12.0. The fourth-order valence-corrected chi connectivity index (χ4v) is 4.24. The molecular weight excluding hydrogens is 250 g/mol. The van der Waals surface area contributed by atoms with Gasteiger partial charge >= 0.3 is 0 Å². The van der Waals surface area contributed by atoms with Crippen molar-refractivity contribution in [3.8, 4) is 0 Å². The molecule has 1 fully saturated rings. The van der Waals surface area contributed by atoms with E-state index in [1.807, 2.05) is 30.0 Å². The number of hydrogen-bond acceptors (Lipinski definition) is 3. The van der Waals surface area contributed by atoms with Crippen molar-refractivity contribution in [2.45, 2.75) is 19.1 Å². The number of rotatable bonds is 2. The normalized spacial score (nSPS) is 20.0. The van der Waals surface area contributed by atoms with Gasteiger partial charge in [-0.1, -0.05) is 6.07 Å². The number of anilines is 1. The summed E-state index contributed by atoms with van der Waals surface area (Å²) in [5, 5.41) is 3.11. The second-order valence-electron chi connectivity index (χ2n) is 4.22. The smallest absolute Gasteiger partial charge is 0.238 e. The van der Waals surface area contributed by atoms with Gasteiger partial charge in [-0.15, -0.1) is 11.8 Å². The highest BCUT2D eigenvalue weighted by molar-refractivity contribution is 8.07. The summed E-state index contributed by atoms with van der Waals surface area (Å²) in [5.41, 5.74) is 3.38. The van der Waals surface area contributed by atoms with E-state index in [4.69, 9.17) is 0 Å².